The fraction of sp³-hybridized carbons (Fsp3) is 0.267. The first-order valence-corrected chi connectivity index (χ1v) is 6.90. The van der Waals surface area contributed by atoms with Crippen LogP contribution in [0.5, 0.6) is 0 Å². The molecule has 0 saturated heterocycles. The number of nitrogens with zero attached hydrogens (tertiary/aromatic N) is 4. The van der Waals surface area contributed by atoms with Gasteiger partial charge in [0.15, 0.2) is 0 Å². The molecule has 0 aliphatic heterocycles. The van der Waals surface area contributed by atoms with E-state index in [1.165, 1.54) is 0 Å². The van der Waals surface area contributed by atoms with E-state index in [-0.39, 0.29) is 0 Å². The van der Waals surface area contributed by atoms with Gasteiger partial charge in [-0.1, -0.05) is 36.7 Å². The highest BCUT2D eigenvalue weighted by atomic mass is 16.5. The Labute approximate surface area is 122 Å². The van der Waals surface area contributed by atoms with Gasteiger partial charge in [-0.25, -0.2) is 4.68 Å². The van der Waals surface area contributed by atoms with Crippen LogP contribution in [0.15, 0.2) is 47.2 Å². The lowest BCUT2D eigenvalue weighted by atomic mass is 10.2. The molecule has 0 bridgehead atoms. The van der Waals surface area contributed by atoms with Crippen molar-refractivity contribution in [2.75, 3.05) is 0 Å². The maximum Gasteiger partial charge on any atom is 0.261 e. The second-order valence-electron chi connectivity index (χ2n) is 4.77. The van der Waals surface area contributed by atoms with Crippen LogP contribution in [0.25, 0.3) is 17.1 Å². The number of aliphatic hydroxyl groups excluding tert-OH is 1. The molecule has 6 heteroatoms. The summed E-state index contributed by atoms with van der Waals surface area (Å²) in [7, 11) is 0. The van der Waals surface area contributed by atoms with E-state index < -0.39 is 6.10 Å². The normalized spacial score (nSPS) is 12.5. The Hall–Kier alpha value is -2.47. The lowest BCUT2D eigenvalue weighted by molar-refractivity contribution is 0.153. The van der Waals surface area contributed by atoms with E-state index in [1.54, 1.807) is 10.9 Å². The Morgan fingerprint density at radius 3 is 2.86 bits per heavy atom. The minimum absolute atomic E-state index is 0.319. The van der Waals surface area contributed by atoms with Crippen molar-refractivity contribution in [1.82, 2.24) is 19.9 Å². The molecule has 2 heterocycles. The average molecular weight is 284 g/mol. The molecule has 0 fully saturated rings. The molecule has 0 aliphatic rings. The van der Waals surface area contributed by atoms with Crippen molar-refractivity contribution < 1.29 is 9.63 Å². The van der Waals surface area contributed by atoms with Crippen molar-refractivity contribution in [2.24, 2.45) is 0 Å². The predicted molar refractivity (Wildman–Crippen MR) is 76.7 cm³/mol. The second kappa shape index (κ2) is 5.88. The predicted octanol–water partition coefficient (Wildman–Crippen LogP) is 2.76. The lowest BCUT2D eigenvalue weighted by Crippen LogP contribution is -1.98. The summed E-state index contributed by atoms with van der Waals surface area (Å²) < 4.78 is 6.93. The van der Waals surface area contributed by atoms with E-state index >= 15 is 0 Å². The van der Waals surface area contributed by atoms with Crippen molar-refractivity contribution >= 4 is 0 Å². The summed E-state index contributed by atoms with van der Waals surface area (Å²) in [6.07, 6.45) is 4.27. The molecule has 2 aromatic heterocycles. The van der Waals surface area contributed by atoms with Crippen LogP contribution >= 0.6 is 0 Å². The van der Waals surface area contributed by atoms with Gasteiger partial charge in [0.2, 0.25) is 5.82 Å². The zero-order valence-electron chi connectivity index (χ0n) is 11.7. The molecule has 0 amide bonds. The molecule has 1 N–H and O–H groups in total. The highest BCUT2D eigenvalue weighted by molar-refractivity contribution is 5.51. The summed E-state index contributed by atoms with van der Waals surface area (Å²) >= 11 is 0. The van der Waals surface area contributed by atoms with Gasteiger partial charge < -0.3 is 9.63 Å². The molecule has 1 atom stereocenters. The van der Waals surface area contributed by atoms with Crippen molar-refractivity contribution in [3.63, 3.8) is 0 Å². The molecular weight excluding hydrogens is 268 g/mol. The van der Waals surface area contributed by atoms with E-state index in [1.807, 2.05) is 43.5 Å². The largest absolute Gasteiger partial charge is 0.385 e. The van der Waals surface area contributed by atoms with Crippen molar-refractivity contribution in [3.8, 4) is 17.1 Å². The maximum absolute atomic E-state index is 9.86. The Balaban J connectivity index is 1.84. The number of benzene rings is 1. The first-order valence-electron chi connectivity index (χ1n) is 6.90. The molecule has 6 nitrogen and oxygen atoms in total. The number of rotatable bonds is 5. The van der Waals surface area contributed by atoms with E-state index in [2.05, 4.69) is 15.2 Å². The van der Waals surface area contributed by atoms with Gasteiger partial charge in [-0.05, 0) is 18.6 Å². The van der Waals surface area contributed by atoms with Gasteiger partial charge in [0, 0.05) is 6.20 Å². The van der Waals surface area contributed by atoms with Crippen molar-refractivity contribution in [2.45, 2.75) is 25.9 Å². The lowest BCUT2D eigenvalue weighted by Gasteiger charge is -2.01. The van der Waals surface area contributed by atoms with E-state index in [0.29, 0.717) is 18.1 Å². The molecule has 0 aliphatic carbocycles. The van der Waals surface area contributed by atoms with Gasteiger partial charge in [-0.2, -0.15) is 10.1 Å². The average Bonchev–Trinajstić information content (AvgIpc) is 3.17. The van der Waals surface area contributed by atoms with Gasteiger partial charge in [-0.15, -0.1) is 0 Å². The van der Waals surface area contributed by atoms with Gasteiger partial charge in [0.1, 0.15) is 6.10 Å². The van der Waals surface area contributed by atoms with Crippen LogP contribution in [-0.2, 0) is 0 Å². The van der Waals surface area contributed by atoms with Gasteiger partial charge in [0.25, 0.3) is 5.89 Å². The number of hydrogen-bond donors (Lipinski definition) is 1. The first-order chi connectivity index (χ1) is 10.3. The van der Waals surface area contributed by atoms with Crippen LogP contribution in [0.4, 0.5) is 0 Å². The van der Waals surface area contributed by atoms with Crippen LogP contribution in [0.2, 0.25) is 0 Å². The fourth-order valence-electron chi connectivity index (χ4n) is 2.05. The number of aliphatic hydroxyl groups is 1. The van der Waals surface area contributed by atoms with E-state index in [0.717, 1.165) is 17.7 Å². The molecule has 3 rings (SSSR count). The van der Waals surface area contributed by atoms with E-state index in [9.17, 15) is 5.11 Å². The summed E-state index contributed by atoms with van der Waals surface area (Å²) in [5, 5.41) is 18.0. The molecule has 3 aromatic rings. The Morgan fingerprint density at radius 1 is 1.29 bits per heavy atom. The smallest absolute Gasteiger partial charge is 0.261 e. The highest BCUT2D eigenvalue weighted by Crippen LogP contribution is 2.21. The first kappa shape index (κ1) is 13.5. The number of aromatic nitrogens is 4. The molecular formula is C15H16N4O2. The molecule has 0 saturated carbocycles. The van der Waals surface area contributed by atoms with Crippen LogP contribution in [0.3, 0.4) is 0 Å². The van der Waals surface area contributed by atoms with Crippen LogP contribution < -0.4 is 0 Å². The monoisotopic (exact) mass is 284 g/mol. The van der Waals surface area contributed by atoms with Crippen molar-refractivity contribution in [1.29, 1.82) is 0 Å². The summed E-state index contributed by atoms with van der Waals surface area (Å²) in [5.41, 5.74) is 1.68. The van der Waals surface area contributed by atoms with Crippen LogP contribution in [-0.4, -0.2) is 25.0 Å². The summed E-state index contributed by atoms with van der Waals surface area (Å²) in [6, 6.07) is 9.76. The third kappa shape index (κ3) is 2.85. The number of hydrogen-bond acceptors (Lipinski definition) is 5. The Morgan fingerprint density at radius 2 is 2.10 bits per heavy atom. The highest BCUT2D eigenvalue weighted by Gasteiger charge is 2.16. The summed E-state index contributed by atoms with van der Waals surface area (Å²) in [5.74, 6) is 0.682. The molecule has 21 heavy (non-hydrogen) atoms. The summed E-state index contributed by atoms with van der Waals surface area (Å²) in [4.78, 5) is 4.22. The zero-order valence-corrected chi connectivity index (χ0v) is 11.7. The quantitative estimate of drug-likeness (QED) is 0.779. The molecule has 1 unspecified atom stereocenters. The zero-order chi connectivity index (χ0) is 14.7. The molecule has 0 spiro atoms. The Bertz CT molecular complexity index is 705. The third-order valence-electron chi connectivity index (χ3n) is 3.15. The summed E-state index contributed by atoms with van der Waals surface area (Å²) in [6.45, 7) is 1.99. The van der Waals surface area contributed by atoms with Crippen molar-refractivity contribution in [3.05, 3.63) is 48.5 Å². The van der Waals surface area contributed by atoms with Gasteiger partial charge in [0.05, 0.1) is 17.4 Å². The minimum atomic E-state index is -0.684. The molecule has 1 aromatic carbocycles. The van der Waals surface area contributed by atoms with E-state index in [4.69, 9.17) is 4.52 Å². The second-order valence-corrected chi connectivity index (χ2v) is 4.77. The van der Waals surface area contributed by atoms with Gasteiger partial charge in [-0.3, -0.25) is 0 Å². The third-order valence-corrected chi connectivity index (χ3v) is 3.15. The van der Waals surface area contributed by atoms with Gasteiger partial charge >= 0.3 is 0 Å². The number of para-hydroxylation sites is 1. The Kier molecular flexibility index (Phi) is 3.79. The standard InChI is InChI=1S/C15H16N4O2/c1-2-6-13(20)14-17-15(21-18-14)11-9-16-19(10-11)12-7-4-3-5-8-12/h3-5,7-10,13,20H,2,6H2,1H3. The fourth-order valence-corrected chi connectivity index (χ4v) is 2.05. The van der Waals surface area contributed by atoms with Crippen LogP contribution in [0.1, 0.15) is 31.7 Å². The molecule has 108 valence electrons. The van der Waals surface area contributed by atoms with Crippen LogP contribution in [0, 0.1) is 0 Å². The minimum Gasteiger partial charge on any atom is -0.385 e. The molecule has 0 radical (unpaired) electrons. The topological polar surface area (TPSA) is 77.0 Å². The maximum atomic E-state index is 9.86. The SMILES string of the molecule is CCCC(O)c1noc(-c2cnn(-c3ccccc3)c2)n1.